The van der Waals surface area contributed by atoms with Crippen LogP contribution in [0.4, 0.5) is 18.4 Å². The van der Waals surface area contributed by atoms with Crippen LogP contribution in [0.1, 0.15) is 83.2 Å². The molecule has 18 heteroatoms. The van der Waals surface area contributed by atoms with Crippen LogP contribution in [0.3, 0.4) is 0 Å². The quantitative estimate of drug-likeness (QED) is 0.0970. The number of aromatic amines is 2. The molecule has 5 heterocycles. The zero-order valence-electron chi connectivity index (χ0n) is 36.9. The zero-order valence-corrected chi connectivity index (χ0v) is 36.9. The van der Waals surface area contributed by atoms with Crippen molar-refractivity contribution in [3.8, 4) is 28.1 Å². The summed E-state index contributed by atoms with van der Waals surface area (Å²) in [7, 11) is 2.50. The first-order valence-corrected chi connectivity index (χ1v) is 21.6. The van der Waals surface area contributed by atoms with Crippen LogP contribution in [-0.2, 0) is 30.4 Å². The van der Waals surface area contributed by atoms with Gasteiger partial charge in [-0.25, -0.2) is 19.6 Å². The number of amides is 4. The Hall–Kier alpha value is -6.30. The molecule has 6 unspecified atom stereocenters. The molecule has 2 fully saturated rings. The van der Waals surface area contributed by atoms with E-state index in [4.69, 9.17) is 24.2 Å². The zero-order chi connectivity index (χ0) is 45.6. The first kappa shape index (κ1) is 44.3. The van der Waals surface area contributed by atoms with Crippen molar-refractivity contribution in [1.82, 2.24) is 40.4 Å². The Morgan fingerprint density at radius 2 is 1.59 bits per heavy atom. The van der Waals surface area contributed by atoms with Gasteiger partial charge in [0.2, 0.25) is 11.8 Å². The van der Waals surface area contributed by atoms with Crippen LogP contribution in [0.25, 0.3) is 44.2 Å². The molecule has 3 aliphatic heterocycles. The summed E-state index contributed by atoms with van der Waals surface area (Å²) < 4.78 is 46.8. The fourth-order valence-corrected chi connectivity index (χ4v) is 9.40. The van der Waals surface area contributed by atoms with Crippen LogP contribution in [0, 0.1) is 17.8 Å². The standard InChI is InChI=1S/C46H54F2N8O8/c1-22(2)37(53-45(59)61-6)42(57)55-19-25(20-64-44(47)48)14-35(55)41-50-32-12-10-26-16-31-29-11-9-27(15-28(29)21-63-36(31)17-30(26)39(32)52-41)33-18-49-40(51-33)34-13-8-24(5)56(34)43(58)38(23(3)4)54-46(60)62-7/h9-12,15-18,22-25,34-35,37-38,44H,8,13-14,19-21H2,1-7H3,(H,49,51)(H,50,52)(H,53,59)(H,54,60). The Morgan fingerprint density at radius 1 is 0.875 bits per heavy atom. The van der Waals surface area contributed by atoms with Gasteiger partial charge in [-0.3, -0.25) is 9.59 Å². The highest BCUT2D eigenvalue weighted by atomic mass is 19.3. The number of aromatic nitrogens is 4. The molecule has 0 bridgehead atoms. The number of hydrogen-bond acceptors (Lipinski definition) is 10. The molecule has 64 heavy (non-hydrogen) atoms. The molecule has 16 nitrogen and oxygen atoms in total. The molecule has 0 radical (unpaired) electrons. The van der Waals surface area contributed by atoms with Crippen molar-refractivity contribution in [3.05, 3.63) is 65.9 Å². The molecule has 3 aliphatic rings. The summed E-state index contributed by atoms with van der Waals surface area (Å²) in [6.07, 6.45) is 2.23. The number of ether oxygens (including phenoxy) is 4. The van der Waals surface area contributed by atoms with E-state index in [0.29, 0.717) is 35.9 Å². The number of hydrogen-bond donors (Lipinski definition) is 4. The van der Waals surface area contributed by atoms with Crippen molar-refractivity contribution in [2.75, 3.05) is 27.4 Å². The lowest BCUT2D eigenvalue weighted by Gasteiger charge is -2.32. The minimum atomic E-state index is -2.95. The average molecular weight is 885 g/mol. The van der Waals surface area contributed by atoms with Crippen molar-refractivity contribution in [2.45, 2.75) is 97.3 Å². The van der Waals surface area contributed by atoms with E-state index in [-0.39, 0.29) is 48.9 Å². The Labute approximate surface area is 368 Å². The Balaban J connectivity index is 1.05. The molecule has 4 N–H and O–H groups in total. The number of imidazole rings is 2. The van der Waals surface area contributed by atoms with Gasteiger partial charge in [0.1, 0.15) is 36.1 Å². The summed E-state index contributed by atoms with van der Waals surface area (Å²) in [6, 6.07) is 11.6. The number of carbonyl (C=O) groups is 4. The highest BCUT2D eigenvalue weighted by molar-refractivity contribution is 6.07. The third-order valence-corrected chi connectivity index (χ3v) is 12.7. The summed E-state index contributed by atoms with van der Waals surface area (Å²) in [5.41, 5.74) is 6.03. The molecule has 8 rings (SSSR count). The fourth-order valence-electron chi connectivity index (χ4n) is 9.40. The number of nitrogens with one attached hydrogen (secondary N) is 4. The summed E-state index contributed by atoms with van der Waals surface area (Å²) >= 11 is 0. The molecule has 2 saturated heterocycles. The molecule has 4 amide bonds. The van der Waals surface area contributed by atoms with Crippen LogP contribution >= 0.6 is 0 Å². The maximum absolute atomic E-state index is 14.0. The minimum Gasteiger partial charge on any atom is -0.488 e. The normalized spacial score (nSPS) is 20.4. The van der Waals surface area contributed by atoms with Gasteiger partial charge < -0.3 is 49.3 Å². The number of H-pyrrole nitrogens is 2. The summed E-state index contributed by atoms with van der Waals surface area (Å²) in [5, 5.41) is 7.09. The monoisotopic (exact) mass is 884 g/mol. The number of methoxy groups -OCH3 is 2. The molecule has 2 aromatic heterocycles. The predicted molar refractivity (Wildman–Crippen MR) is 232 cm³/mol. The van der Waals surface area contributed by atoms with E-state index < -0.39 is 42.8 Å². The van der Waals surface area contributed by atoms with Gasteiger partial charge in [-0.1, -0.05) is 45.9 Å². The summed E-state index contributed by atoms with van der Waals surface area (Å²) in [4.78, 5) is 72.3. The predicted octanol–water partition coefficient (Wildman–Crippen LogP) is 7.61. The Morgan fingerprint density at radius 3 is 2.28 bits per heavy atom. The van der Waals surface area contributed by atoms with Crippen molar-refractivity contribution >= 4 is 45.8 Å². The molecule has 0 spiro atoms. The van der Waals surface area contributed by atoms with Gasteiger partial charge in [-0.15, -0.1) is 0 Å². The number of nitrogens with zero attached hydrogens (tertiary/aromatic N) is 4. The number of alkyl halides is 2. The average Bonchev–Trinajstić information content (AvgIpc) is 4.10. The van der Waals surface area contributed by atoms with Gasteiger partial charge in [0.05, 0.1) is 55.8 Å². The molecule has 0 aliphatic carbocycles. The molecular formula is C46H54F2N8O8. The van der Waals surface area contributed by atoms with Crippen LogP contribution < -0.4 is 15.4 Å². The number of fused-ring (bicyclic) bond motifs is 6. The van der Waals surface area contributed by atoms with Crippen LogP contribution in [0.2, 0.25) is 0 Å². The molecule has 3 aromatic carbocycles. The van der Waals surface area contributed by atoms with E-state index in [1.807, 2.05) is 49.9 Å². The Kier molecular flexibility index (Phi) is 12.5. The van der Waals surface area contributed by atoms with Crippen molar-refractivity contribution in [1.29, 1.82) is 0 Å². The number of benzene rings is 3. The van der Waals surface area contributed by atoms with Gasteiger partial charge in [0, 0.05) is 29.5 Å². The van der Waals surface area contributed by atoms with Crippen LogP contribution in [-0.4, -0.2) is 106 Å². The summed E-state index contributed by atoms with van der Waals surface area (Å²) in [5.74, 6) is 0.469. The van der Waals surface area contributed by atoms with Crippen molar-refractivity contribution in [2.24, 2.45) is 17.8 Å². The van der Waals surface area contributed by atoms with Crippen molar-refractivity contribution in [3.63, 3.8) is 0 Å². The van der Waals surface area contributed by atoms with E-state index >= 15 is 0 Å². The van der Waals surface area contributed by atoms with E-state index in [9.17, 15) is 28.0 Å². The van der Waals surface area contributed by atoms with E-state index in [1.54, 1.807) is 24.9 Å². The van der Waals surface area contributed by atoms with Gasteiger partial charge in [0.15, 0.2) is 0 Å². The van der Waals surface area contributed by atoms with E-state index in [2.05, 4.69) is 43.5 Å². The number of likely N-dealkylation sites (tertiary alicyclic amines) is 2. The third kappa shape index (κ3) is 8.54. The second-order valence-electron chi connectivity index (χ2n) is 17.6. The second-order valence-corrected chi connectivity index (χ2v) is 17.6. The number of halogens is 2. The SMILES string of the molecule is COC(=O)NC(C(=O)N1CC(COC(F)F)CC1c1nc2c(ccc3cc4c(cc32)OCc2cc(-c3cnc(C5CCC(C)N5C(=O)C(NC(=O)OC)C(C)C)[nH]3)ccc2-4)[nH]1)C(C)C. The smallest absolute Gasteiger partial charge is 0.407 e. The van der Waals surface area contributed by atoms with E-state index in [1.165, 1.54) is 14.2 Å². The van der Waals surface area contributed by atoms with Gasteiger partial charge in [-0.05, 0) is 84.4 Å². The number of carbonyl (C=O) groups excluding carboxylic acids is 4. The highest BCUT2D eigenvalue weighted by Crippen LogP contribution is 2.44. The molecule has 5 aromatic rings. The lowest BCUT2D eigenvalue weighted by atomic mass is 9.92. The fraction of sp³-hybridized carbons (Fsp3) is 0.478. The largest absolute Gasteiger partial charge is 0.488 e. The van der Waals surface area contributed by atoms with Gasteiger partial charge in [-0.2, -0.15) is 8.78 Å². The van der Waals surface area contributed by atoms with Gasteiger partial charge >= 0.3 is 18.8 Å². The number of rotatable bonds is 12. The van der Waals surface area contributed by atoms with Gasteiger partial charge in [0.25, 0.3) is 0 Å². The lowest BCUT2D eigenvalue weighted by Crippen LogP contribution is -2.52. The molecule has 340 valence electrons. The molecular weight excluding hydrogens is 831 g/mol. The lowest BCUT2D eigenvalue weighted by molar-refractivity contribution is -0.139. The molecule has 6 atom stereocenters. The van der Waals surface area contributed by atoms with Crippen LogP contribution in [0.15, 0.2) is 48.7 Å². The number of alkyl carbamates (subject to hydrolysis) is 2. The topological polar surface area (TPSA) is 193 Å². The maximum Gasteiger partial charge on any atom is 0.407 e. The van der Waals surface area contributed by atoms with E-state index in [0.717, 1.165) is 57.1 Å². The second kappa shape index (κ2) is 18.1. The third-order valence-electron chi connectivity index (χ3n) is 12.7. The van der Waals surface area contributed by atoms with Crippen LogP contribution in [0.5, 0.6) is 5.75 Å². The molecule has 0 saturated carbocycles. The first-order valence-electron chi connectivity index (χ1n) is 21.6. The highest BCUT2D eigenvalue weighted by Gasteiger charge is 2.43. The maximum atomic E-state index is 14.0. The Bertz CT molecular complexity index is 2580. The summed E-state index contributed by atoms with van der Waals surface area (Å²) in [6.45, 7) is 6.66. The minimum absolute atomic E-state index is 0.0423. The van der Waals surface area contributed by atoms with Crippen molar-refractivity contribution < 1.29 is 46.9 Å². The first-order chi connectivity index (χ1) is 30.6.